The van der Waals surface area contributed by atoms with Crippen molar-refractivity contribution in [3.05, 3.63) is 29.6 Å². The molecule has 2 aromatic rings. The SMILES string of the molecule is Cc1ccc2nc(C(NC(=O)CC3C(=O)NCCN3C(C)C)C(C)C)[nH]c2c1. The molecule has 1 aromatic heterocycles. The molecule has 0 bridgehead atoms. The Balaban J connectivity index is 1.76. The summed E-state index contributed by atoms with van der Waals surface area (Å²) in [5.41, 5.74) is 3.01. The molecule has 3 rings (SSSR count). The van der Waals surface area contributed by atoms with Crippen molar-refractivity contribution in [1.82, 2.24) is 25.5 Å². The lowest BCUT2D eigenvalue weighted by atomic mass is 10.0. The van der Waals surface area contributed by atoms with Gasteiger partial charge in [-0.2, -0.15) is 0 Å². The van der Waals surface area contributed by atoms with E-state index in [1.807, 2.05) is 19.1 Å². The molecule has 1 fully saturated rings. The molecule has 2 unspecified atom stereocenters. The maximum absolute atomic E-state index is 12.8. The Kier molecular flexibility index (Phi) is 6.03. The van der Waals surface area contributed by atoms with Crippen molar-refractivity contribution < 1.29 is 9.59 Å². The van der Waals surface area contributed by atoms with Gasteiger partial charge in [0.15, 0.2) is 0 Å². The Morgan fingerprint density at radius 3 is 2.75 bits per heavy atom. The number of carbonyl (C=O) groups excluding carboxylic acids is 2. The standard InChI is InChI=1S/C21H31N5O2/c1-12(2)19(20-23-15-7-6-14(5)10-16(15)24-20)25-18(27)11-17-21(28)22-8-9-26(17)13(3)4/h6-7,10,12-13,17,19H,8-9,11H2,1-5H3,(H,22,28)(H,23,24)(H,25,27). The van der Waals surface area contributed by atoms with Gasteiger partial charge in [0.1, 0.15) is 5.82 Å². The predicted octanol–water partition coefficient (Wildman–Crippen LogP) is 2.28. The third-order valence-corrected chi connectivity index (χ3v) is 5.35. The van der Waals surface area contributed by atoms with Gasteiger partial charge in [0.05, 0.1) is 29.5 Å². The summed E-state index contributed by atoms with van der Waals surface area (Å²) < 4.78 is 0. The van der Waals surface area contributed by atoms with E-state index in [9.17, 15) is 9.59 Å². The van der Waals surface area contributed by atoms with E-state index >= 15 is 0 Å². The first kappa shape index (κ1) is 20.3. The molecule has 2 heterocycles. The molecule has 0 aliphatic carbocycles. The van der Waals surface area contributed by atoms with Crippen LogP contribution in [-0.4, -0.2) is 51.9 Å². The van der Waals surface area contributed by atoms with Gasteiger partial charge in [0.25, 0.3) is 0 Å². The van der Waals surface area contributed by atoms with Crippen molar-refractivity contribution in [2.24, 2.45) is 5.92 Å². The normalized spacial score (nSPS) is 19.2. The van der Waals surface area contributed by atoms with Crippen molar-refractivity contribution in [2.75, 3.05) is 13.1 Å². The number of amides is 2. The number of rotatable bonds is 6. The molecule has 7 nitrogen and oxygen atoms in total. The van der Waals surface area contributed by atoms with E-state index in [-0.39, 0.29) is 36.2 Å². The molecule has 7 heteroatoms. The van der Waals surface area contributed by atoms with Crippen LogP contribution in [-0.2, 0) is 9.59 Å². The molecule has 2 amide bonds. The molecule has 1 aromatic carbocycles. The van der Waals surface area contributed by atoms with Gasteiger partial charge in [0.2, 0.25) is 11.8 Å². The van der Waals surface area contributed by atoms with Crippen LogP contribution in [0.3, 0.4) is 0 Å². The van der Waals surface area contributed by atoms with Gasteiger partial charge in [-0.05, 0) is 44.4 Å². The zero-order valence-electron chi connectivity index (χ0n) is 17.4. The van der Waals surface area contributed by atoms with E-state index in [1.165, 1.54) is 0 Å². The average molecular weight is 386 g/mol. The van der Waals surface area contributed by atoms with Crippen LogP contribution in [0.2, 0.25) is 0 Å². The largest absolute Gasteiger partial charge is 0.353 e. The minimum absolute atomic E-state index is 0.0737. The second-order valence-corrected chi connectivity index (χ2v) is 8.27. The molecule has 1 aliphatic rings. The van der Waals surface area contributed by atoms with Gasteiger partial charge >= 0.3 is 0 Å². The second kappa shape index (κ2) is 8.31. The van der Waals surface area contributed by atoms with Crippen LogP contribution in [0, 0.1) is 12.8 Å². The highest BCUT2D eigenvalue weighted by atomic mass is 16.2. The number of aromatic amines is 1. The molecule has 0 saturated carbocycles. The number of carbonyl (C=O) groups is 2. The fraction of sp³-hybridized carbons (Fsp3) is 0.571. The number of aryl methyl sites for hydroxylation is 1. The first-order chi connectivity index (χ1) is 13.3. The summed E-state index contributed by atoms with van der Waals surface area (Å²) in [5, 5.41) is 5.97. The molecule has 152 valence electrons. The topological polar surface area (TPSA) is 90.1 Å². The third kappa shape index (κ3) is 4.35. The average Bonchev–Trinajstić information content (AvgIpc) is 3.03. The Morgan fingerprint density at radius 1 is 1.32 bits per heavy atom. The number of hydrogen-bond acceptors (Lipinski definition) is 4. The lowest BCUT2D eigenvalue weighted by Gasteiger charge is -2.37. The van der Waals surface area contributed by atoms with Crippen molar-refractivity contribution in [2.45, 2.75) is 59.2 Å². The summed E-state index contributed by atoms with van der Waals surface area (Å²) >= 11 is 0. The number of nitrogens with zero attached hydrogens (tertiary/aromatic N) is 2. The first-order valence-corrected chi connectivity index (χ1v) is 10.1. The Labute approximate surface area is 166 Å². The van der Waals surface area contributed by atoms with Crippen molar-refractivity contribution in [1.29, 1.82) is 0 Å². The van der Waals surface area contributed by atoms with Crippen LogP contribution in [0.4, 0.5) is 0 Å². The molecule has 0 radical (unpaired) electrons. The van der Waals surface area contributed by atoms with Crippen molar-refractivity contribution >= 4 is 22.8 Å². The van der Waals surface area contributed by atoms with Crippen LogP contribution >= 0.6 is 0 Å². The van der Waals surface area contributed by atoms with Crippen LogP contribution in [0.5, 0.6) is 0 Å². The molecule has 0 spiro atoms. The smallest absolute Gasteiger partial charge is 0.237 e. The van der Waals surface area contributed by atoms with Gasteiger partial charge in [-0.25, -0.2) is 4.98 Å². The van der Waals surface area contributed by atoms with Crippen molar-refractivity contribution in [3.63, 3.8) is 0 Å². The highest BCUT2D eigenvalue weighted by Crippen LogP contribution is 2.23. The minimum Gasteiger partial charge on any atom is -0.353 e. The van der Waals surface area contributed by atoms with Gasteiger partial charge in [-0.15, -0.1) is 0 Å². The summed E-state index contributed by atoms with van der Waals surface area (Å²) in [6, 6.07) is 5.61. The molecular weight excluding hydrogens is 354 g/mol. The highest BCUT2D eigenvalue weighted by Gasteiger charge is 2.34. The number of aromatic nitrogens is 2. The third-order valence-electron chi connectivity index (χ3n) is 5.35. The lowest BCUT2D eigenvalue weighted by Crippen LogP contribution is -2.58. The van der Waals surface area contributed by atoms with E-state index in [0.29, 0.717) is 6.54 Å². The maximum Gasteiger partial charge on any atom is 0.237 e. The summed E-state index contributed by atoms with van der Waals surface area (Å²) in [4.78, 5) is 35.3. The van der Waals surface area contributed by atoms with Crippen LogP contribution in [0.25, 0.3) is 11.0 Å². The Hall–Kier alpha value is -2.41. The van der Waals surface area contributed by atoms with E-state index in [4.69, 9.17) is 0 Å². The Bertz CT molecular complexity index is 858. The lowest BCUT2D eigenvalue weighted by molar-refractivity contribution is -0.135. The van der Waals surface area contributed by atoms with E-state index in [2.05, 4.69) is 59.3 Å². The zero-order valence-corrected chi connectivity index (χ0v) is 17.4. The molecule has 28 heavy (non-hydrogen) atoms. The molecular formula is C21H31N5O2. The summed E-state index contributed by atoms with van der Waals surface area (Å²) in [6.07, 6.45) is 0.145. The molecule has 2 atom stereocenters. The Morgan fingerprint density at radius 2 is 2.07 bits per heavy atom. The van der Waals surface area contributed by atoms with Crippen LogP contribution in [0.15, 0.2) is 18.2 Å². The van der Waals surface area contributed by atoms with Crippen LogP contribution in [0.1, 0.15) is 51.5 Å². The maximum atomic E-state index is 12.8. The van der Waals surface area contributed by atoms with Crippen LogP contribution < -0.4 is 10.6 Å². The molecule has 3 N–H and O–H groups in total. The predicted molar refractivity (Wildman–Crippen MR) is 110 cm³/mol. The number of H-pyrrole nitrogens is 1. The number of benzene rings is 1. The fourth-order valence-electron chi connectivity index (χ4n) is 3.81. The first-order valence-electron chi connectivity index (χ1n) is 10.1. The summed E-state index contributed by atoms with van der Waals surface area (Å²) in [7, 11) is 0. The summed E-state index contributed by atoms with van der Waals surface area (Å²) in [5.74, 6) is 0.697. The molecule has 1 saturated heterocycles. The number of nitrogens with one attached hydrogen (secondary N) is 3. The zero-order chi connectivity index (χ0) is 20.4. The molecule has 1 aliphatic heterocycles. The van der Waals surface area contributed by atoms with Gasteiger partial charge in [0, 0.05) is 19.1 Å². The summed E-state index contributed by atoms with van der Waals surface area (Å²) in [6.45, 7) is 11.6. The van der Waals surface area contributed by atoms with E-state index < -0.39 is 6.04 Å². The number of piperazine rings is 1. The van der Waals surface area contributed by atoms with Gasteiger partial charge in [-0.3, -0.25) is 14.5 Å². The van der Waals surface area contributed by atoms with Gasteiger partial charge < -0.3 is 15.6 Å². The number of hydrogen-bond donors (Lipinski definition) is 3. The number of imidazole rings is 1. The van der Waals surface area contributed by atoms with Gasteiger partial charge in [-0.1, -0.05) is 19.9 Å². The highest BCUT2D eigenvalue weighted by molar-refractivity contribution is 5.89. The van der Waals surface area contributed by atoms with E-state index in [1.54, 1.807) is 0 Å². The monoisotopic (exact) mass is 385 g/mol. The van der Waals surface area contributed by atoms with E-state index in [0.717, 1.165) is 29.0 Å². The number of fused-ring (bicyclic) bond motifs is 1. The van der Waals surface area contributed by atoms with Crippen molar-refractivity contribution in [3.8, 4) is 0 Å². The fourth-order valence-corrected chi connectivity index (χ4v) is 3.81. The quantitative estimate of drug-likeness (QED) is 0.712. The second-order valence-electron chi connectivity index (χ2n) is 8.27. The minimum atomic E-state index is -0.431.